The first-order valence-electron chi connectivity index (χ1n) is 5.24. The lowest BCUT2D eigenvalue weighted by Gasteiger charge is -2.08. The summed E-state index contributed by atoms with van der Waals surface area (Å²) in [5.74, 6) is 0.885. The van der Waals surface area contributed by atoms with Crippen LogP contribution in [0.4, 0.5) is 0 Å². The number of aryl methyl sites for hydroxylation is 1. The minimum Gasteiger partial charge on any atom is -0.497 e. The van der Waals surface area contributed by atoms with Gasteiger partial charge in [0.25, 0.3) is 0 Å². The summed E-state index contributed by atoms with van der Waals surface area (Å²) >= 11 is 0. The van der Waals surface area contributed by atoms with Crippen LogP contribution >= 0.6 is 0 Å². The summed E-state index contributed by atoms with van der Waals surface area (Å²) in [6.45, 7) is 2.07. The van der Waals surface area contributed by atoms with Crippen LogP contribution in [0.25, 0.3) is 5.57 Å². The van der Waals surface area contributed by atoms with Crippen molar-refractivity contribution >= 4 is 5.57 Å². The Morgan fingerprint density at radius 2 is 2.20 bits per heavy atom. The van der Waals surface area contributed by atoms with Gasteiger partial charge in [-0.25, -0.2) is 0 Å². The maximum atomic E-state index is 9.45. The zero-order chi connectivity index (χ0) is 10.8. The first-order chi connectivity index (χ1) is 7.20. The minimum absolute atomic E-state index is 0.262. The summed E-state index contributed by atoms with van der Waals surface area (Å²) in [6, 6.07) is 6.06. The summed E-state index contributed by atoms with van der Waals surface area (Å²) in [4.78, 5) is 0. The number of aliphatic hydroxyl groups excluding tert-OH is 1. The Balaban J connectivity index is 2.33. The molecule has 0 aromatic heterocycles. The molecule has 0 heterocycles. The van der Waals surface area contributed by atoms with Gasteiger partial charge in [-0.15, -0.1) is 0 Å². The van der Waals surface area contributed by atoms with Crippen molar-refractivity contribution in [3.8, 4) is 5.75 Å². The van der Waals surface area contributed by atoms with E-state index in [1.807, 2.05) is 18.2 Å². The summed E-state index contributed by atoms with van der Waals surface area (Å²) < 4.78 is 5.16. The lowest BCUT2D eigenvalue weighted by atomic mass is 10.00. The zero-order valence-corrected chi connectivity index (χ0v) is 9.16. The Morgan fingerprint density at radius 1 is 1.40 bits per heavy atom. The van der Waals surface area contributed by atoms with Crippen molar-refractivity contribution in [1.29, 1.82) is 0 Å². The highest BCUT2D eigenvalue weighted by atomic mass is 16.5. The fraction of sp³-hybridized carbons (Fsp3) is 0.385. The molecule has 0 fully saturated rings. The molecule has 0 spiro atoms. The molecule has 1 aliphatic carbocycles. The predicted octanol–water partition coefficient (Wildman–Crippen LogP) is 2.54. The van der Waals surface area contributed by atoms with Crippen molar-refractivity contribution in [2.75, 3.05) is 7.11 Å². The number of benzene rings is 1. The smallest absolute Gasteiger partial charge is 0.119 e. The number of allylic oxidation sites excluding steroid dienone is 1. The van der Waals surface area contributed by atoms with Gasteiger partial charge in [-0.2, -0.15) is 0 Å². The molecule has 80 valence electrons. The topological polar surface area (TPSA) is 29.5 Å². The van der Waals surface area contributed by atoms with Crippen molar-refractivity contribution in [3.63, 3.8) is 0 Å². The molecule has 0 saturated heterocycles. The van der Waals surface area contributed by atoms with E-state index in [9.17, 15) is 5.11 Å². The van der Waals surface area contributed by atoms with Gasteiger partial charge in [0.15, 0.2) is 0 Å². The molecule has 15 heavy (non-hydrogen) atoms. The van der Waals surface area contributed by atoms with Crippen LogP contribution in [0.1, 0.15) is 24.0 Å². The van der Waals surface area contributed by atoms with Gasteiger partial charge in [-0.05, 0) is 48.6 Å². The maximum absolute atomic E-state index is 9.45. The molecule has 1 unspecified atom stereocenters. The predicted molar refractivity (Wildman–Crippen MR) is 60.9 cm³/mol. The Morgan fingerprint density at radius 3 is 2.73 bits per heavy atom. The Labute approximate surface area is 90.2 Å². The molecule has 2 nitrogen and oxygen atoms in total. The monoisotopic (exact) mass is 204 g/mol. The highest BCUT2D eigenvalue weighted by Gasteiger charge is 2.15. The largest absolute Gasteiger partial charge is 0.497 e. The molecule has 1 aromatic rings. The van der Waals surface area contributed by atoms with E-state index in [1.165, 1.54) is 16.7 Å². The van der Waals surface area contributed by atoms with E-state index in [1.54, 1.807) is 7.11 Å². The second kappa shape index (κ2) is 4.07. The van der Waals surface area contributed by atoms with Gasteiger partial charge >= 0.3 is 0 Å². The number of methoxy groups -OCH3 is 1. The average Bonchev–Trinajstić information content (AvgIpc) is 2.64. The standard InChI is InChI=1S/C13H16O2/c1-9-7-12(15-2)5-6-13(9)10-3-4-11(14)8-10/h5-8,11,14H,3-4H2,1-2H3. The molecule has 0 amide bonds. The van der Waals surface area contributed by atoms with Gasteiger partial charge < -0.3 is 9.84 Å². The average molecular weight is 204 g/mol. The molecule has 1 atom stereocenters. The second-order valence-corrected chi connectivity index (χ2v) is 3.98. The summed E-state index contributed by atoms with van der Waals surface area (Å²) in [7, 11) is 1.67. The van der Waals surface area contributed by atoms with E-state index in [2.05, 4.69) is 13.0 Å². The van der Waals surface area contributed by atoms with E-state index in [0.717, 1.165) is 18.6 Å². The lowest BCUT2D eigenvalue weighted by molar-refractivity contribution is 0.223. The van der Waals surface area contributed by atoms with Crippen LogP contribution in [-0.2, 0) is 0 Å². The normalized spacial score (nSPS) is 20.2. The highest BCUT2D eigenvalue weighted by Crippen LogP contribution is 2.31. The van der Waals surface area contributed by atoms with Gasteiger partial charge in [0.1, 0.15) is 5.75 Å². The van der Waals surface area contributed by atoms with Crippen molar-refractivity contribution < 1.29 is 9.84 Å². The van der Waals surface area contributed by atoms with Crippen LogP contribution in [0, 0.1) is 6.92 Å². The van der Waals surface area contributed by atoms with Gasteiger partial charge in [0.05, 0.1) is 13.2 Å². The number of rotatable bonds is 2. The third kappa shape index (κ3) is 2.05. The van der Waals surface area contributed by atoms with Crippen molar-refractivity contribution in [2.24, 2.45) is 0 Å². The highest BCUT2D eigenvalue weighted by molar-refractivity contribution is 5.71. The van der Waals surface area contributed by atoms with E-state index < -0.39 is 0 Å². The summed E-state index contributed by atoms with van der Waals surface area (Å²) in [6.07, 6.45) is 3.51. The quantitative estimate of drug-likeness (QED) is 0.802. The van der Waals surface area contributed by atoms with Crippen LogP contribution in [0.15, 0.2) is 24.3 Å². The van der Waals surface area contributed by atoms with Crippen LogP contribution < -0.4 is 4.74 Å². The maximum Gasteiger partial charge on any atom is 0.119 e. The Kier molecular flexibility index (Phi) is 2.78. The third-order valence-corrected chi connectivity index (χ3v) is 2.88. The fourth-order valence-corrected chi connectivity index (χ4v) is 2.05. The molecule has 1 aliphatic rings. The molecule has 2 heteroatoms. The first kappa shape index (κ1) is 10.2. The number of aliphatic hydroxyl groups is 1. The molecule has 0 bridgehead atoms. The summed E-state index contributed by atoms with van der Waals surface area (Å²) in [5.41, 5.74) is 3.68. The van der Waals surface area contributed by atoms with Gasteiger partial charge in [-0.3, -0.25) is 0 Å². The van der Waals surface area contributed by atoms with Gasteiger partial charge in [0, 0.05) is 0 Å². The molecular formula is C13H16O2. The molecule has 1 aromatic carbocycles. The van der Waals surface area contributed by atoms with Crippen LogP contribution in [0.2, 0.25) is 0 Å². The van der Waals surface area contributed by atoms with E-state index in [0.29, 0.717) is 0 Å². The van der Waals surface area contributed by atoms with Crippen LogP contribution in [-0.4, -0.2) is 18.3 Å². The third-order valence-electron chi connectivity index (χ3n) is 2.88. The molecule has 0 saturated carbocycles. The van der Waals surface area contributed by atoms with E-state index >= 15 is 0 Å². The molecule has 1 N–H and O–H groups in total. The minimum atomic E-state index is -0.262. The van der Waals surface area contributed by atoms with Gasteiger partial charge in [0.2, 0.25) is 0 Å². The number of hydrogen-bond donors (Lipinski definition) is 1. The number of hydrogen-bond acceptors (Lipinski definition) is 2. The zero-order valence-electron chi connectivity index (χ0n) is 9.16. The Hall–Kier alpha value is -1.28. The van der Waals surface area contributed by atoms with Crippen molar-refractivity contribution in [2.45, 2.75) is 25.9 Å². The van der Waals surface area contributed by atoms with Crippen molar-refractivity contribution in [1.82, 2.24) is 0 Å². The Bertz CT molecular complexity index is 394. The van der Waals surface area contributed by atoms with E-state index in [-0.39, 0.29) is 6.10 Å². The van der Waals surface area contributed by atoms with Crippen LogP contribution in [0.3, 0.4) is 0 Å². The first-order valence-corrected chi connectivity index (χ1v) is 5.24. The summed E-state index contributed by atoms with van der Waals surface area (Å²) in [5, 5.41) is 9.45. The van der Waals surface area contributed by atoms with Gasteiger partial charge in [-0.1, -0.05) is 12.1 Å². The van der Waals surface area contributed by atoms with E-state index in [4.69, 9.17) is 4.74 Å². The fourth-order valence-electron chi connectivity index (χ4n) is 2.05. The molecule has 2 rings (SSSR count). The molecular weight excluding hydrogens is 188 g/mol. The van der Waals surface area contributed by atoms with Crippen LogP contribution in [0.5, 0.6) is 5.75 Å². The second-order valence-electron chi connectivity index (χ2n) is 3.98. The van der Waals surface area contributed by atoms with Crippen molar-refractivity contribution in [3.05, 3.63) is 35.4 Å². The molecule has 0 radical (unpaired) electrons. The lowest BCUT2D eigenvalue weighted by Crippen LogP contribution is -1.93. The molecule has 0 aliphatic heterocycles. The number of ether oxygens (including phenoxy) is 1. The SMILES string of the molecule is COc1ccc(C2=CC(O)CC2)c(C)c1.